The Balaban J connectivity index is 1.41. The molecule has 2 aromatic carbocycles. The third-order valence-corrected chi connectivity index (χ3v) is 5.72. The Bertz CT molecular complexity index is 1050. The van der Waals surface area contributed by atoms with Crippen LogP contribution in [0.2, 0.25) is 0 Å². The highest BCUT2D eigenvalue weighted by molar-refractivity contribution is 7.98. The molecule has 0 bridgehead atoms. The maximum Gasteiger partial charge on any atom is 0.210 e. The molecule has 0 amide bonds. The third kappa shape index (κ3) is 4.10. The molecule has 3 N–H and O–H groups in total. The summed E-state index contributed by atoms with van der Waals surface area (Å²) in [5.41, 5.74) is 2.86. The first-order chi connectivity index (χ1) is 13.7. The molecule has 0 unspecified atom stereocenters. The maximum atomic E-state index is 6.19. The van der Waals surface area contributed by atoms with Crippen LogP contribution < -0.4 is 15.9 Å². The molecule has 28 heavy (non-hydrogen) atoms. The average molecular weight is 411 g/mol. The summed E-state index contributed by atoms with van der Waals surface area (Å²) in [6.45, 7) is 0. The van der Waals surface area contributed by atoms with Crippen LogP contribution in [0.3, 0.4) is 0 Å². The minimum Gasteiger partial charge on any atom is -0.497 e. The third-order valence-electron chi connectivity index (χ3n) is 3.94. The number of para-hydroxylation sites is 1. The minimum absolute atomic E-state index is 0.606. The van der Waals surface area contributed by atoms with Crippen LogP contribution in [0.5, 0.6) is 5.75 Å². The predicted molar refractivity (Wildman–Crippen MR) is 114 cm³/mol. The van der Waals surface area contributed by atoms with E-state index < -0.39 is 0 Å². The second kappa shape index (κ2) is 8.32. The first-order valence-electron chi connectivity index (χ1n) is 8.47. The predicted octanol–water partition coefficient (Wildman–Crippen LogP) is 4.16. The number of nitrogens with zero attached hydrogens (tertiary/aromatic N) is 4. The van der Waals surface area contributed by atoms with Gasteiger partial charge in [-0.15, -0.1) is 21.5 Å². The highest BCUT2D eigenvalue weighted by Gasteiger charge is 2.13. The van der Waals surface area contributed by atoms with E-state index in [1.807, 2.05) is 60.0 Å². The van der Waals surface area contributed by atoms with Gasteiger partial charge in [-0.25, -0.2) is 9.66 Å². The van der Waals surface area contributed by atoms with E-state index in [1.165, 1.54) is 16.4 Å². The van der Waals surface area contributed by atoms with Gasteiger partial charge in [0.05, 0.1) is 12.8 Å². The zero-order valence-corrected chi connectivity index (χ0v) is 16.7. The topological polar surface area (TPSA) is 90.9 Å². The Labute approximate surface area is 170 Å². The largest absolute Gasteiger partial charge is 0.497 e. The van der Waals surface area contributed by atoms with Crippen LogP contribution in [0.15, 0.2) is 65.1 Å². The quantitative estimate of drug-likeness (QED) is 0.349. The summed E-state index contributed by atoms with van der Waals surface area (Å²) in [4.78, 5) is 4.61. The van der Waals surface area contributed by atoms with Crippen LogP contribution in [0.4, 0.5) is 10.8 Å². The molecule has 0 fully saturated rings. The summed E-state index contributed by atoms with van der Waals surface area (Å²) in [6.07, 6.45) is 0. The van der Waals surface area contributed by atoms with E-state index in [-0.39, 0.29) is 0 Å². The van der Waals surface area contributed by atoms with E-state index in [4.69, 9.17) is 10.6 Å². The smallest absolute Gasteiger partial charge is 0.210 e. The van der Waals surface area contributed by atoms with Crippen LogP contribution in [0, 0.1) is 0 Å². The molecular formula is C19H18N6OS2. The van der Waals surface area contributed by atoms with Gasteiger partial charge in [-0.1, -0.05) is 30.0 Å². The van der Waals surface area contributed by atoms with Crippen LogP contribution in [0.1, 0.15) is 5.69 Å². The Kier molecular flexibility index (Phi) is 5.45. The van der Waals surface area contributed by atoms with E-state index in [0.717, 1.165) is 27.8 Å². The first kappa shape index (κ1) is 18.3. The lowest BCUT2D eigenvalue weighted by atomic mass is 10.2. The van der Waals surface area contributed by atoms with Gasteiger partial charge in [0.2, 0.25) is 5.16 Å². The van der Waals surface area contributed by atoms with Crippen molar-refractivity contribution in [2.45, 2.75) is 10.9 Å². The Morgan fingerprint density at radius 2 is 1.89 bits per heavy atom. The number of hydrogen-bond acceptors (Lipinski definition) is 8. The molecule has 0 spiro atoms. The fourth-order valence-electron chi connectivity index (χ4n) is 2.53. The Morgan fingerprint density at radius 3 is 2.64 bits per heavy atom. The van der Waals surface area contributed by atoms with Gasteiger partial charge < -0.3 is 15.9 Å². The summed E-state index contributed by atoms with van der Waals surface area (Å²) in [6, 6.07) is 17.5. The van der Waals surface area contributed by atoms with Gasteiger partial charge >= 0.3 is 0 Å². The van der Waals surface area contributed by atoms with Crippen molar-refractivity contribution in [3.8, 4) is 17.1 Å². The van der Waals surface area contributed by atoms with Crippen molar-refractivity contribution in [1.29, 1.82) is 0 Å². The van der Waals surface area contributed by atoms with Crippen molar-refractivity contribution in [3.63, 3.8) is 0 Å². The normalized spacial score (nSPS) is 10.8. The van der Waals surface area contributed by atoms with E-state index >= 15 is 0 Å². The van der Waals surface area contributed by atoms with Crippen LogP contribution in [-0.2, 0) is 5.75 Å². The molecule has 0 aliphatic carbocycles. The summed E-state index contributed by atoms with van der Waals surface area (Å²) in [5.74, 6) is 8.23. The van der Waals surface area contributed by atoms with Crippen molar-refractivity contribution >= 4 is 33.9 Å². The number of methoxy groups -OCH3 is 1. The van der Waals surface area contributed by atoms with Gasteiger partial charge in [0.15, 0.2) is 11.0 Å². The number of hydrogen-bond donors (Lipinski definition) is 2. The summed E-state index contributed by atoms with van der Waals surface area (Å²) < 4.78 is 6.68. The number of nitrogens with two attached hydrogens (primary N) is 1. The highest BCUT2D eigenvalue weighted by Crippen LogP contribution is 2.27. The number of rotatable bonds is 7. The number of aromatic nitrogens is 4. The number of thiazole rings is 1. The molecule has 142 valence electrons. The second-order valence-corrected chi connectivity index (χ2v) is 7.63. The zero-order chi connectivity index (χ0) is 19.3. The minimum atomic E-state index is 0.606. The molecule has 4 aromatic rings. The van der Waals surface area contributed by atoms with Gasteiger partial charge in [-0.3, -0.25) is 0 Å². The second-order valence-electron chi connectivity index (χ2n) is 5.83. The first-order valence-corrected chi connectivity index (χ1v) is 10.3. The summed E-state index contributed by atoms with van der Waals surface area (Å²) in [7, 11) is 1.63. The molecule has 0 aliphatic rings. The van der Waals surface area contributed by atoms with Gasteiger partial charge in [-0.2, -0.15) is 0 Å². The highest BCUT2D eigenvalue weighted by atomic mass is 32.2. The molecule has 4 rings (SSSR count). The van der Waals surface area contributed by atoms with E-state index in [9.17, 15) is 0 Å². The lowest BCUT2D eigenvalue weighted by molar-refractivity contribution is 0.415. The summed E-state index contributed by atoms with van der Waals surface area (Å²) >= 11 is 3.07. The molecule has 0 saturated carbocycles. The number of nitrogens with one attached hydrogen (secondary N) is 1. The van der Waals surface area contributed by atoms with Crippen LogP contribution in [0.25, 0.3) is 11.4 Å². The standard InChI is InChI=1S/C19H18N6OS2/c1-26-16-9-7-13(8-10-16)17-23-24-19(25(17)20)28-12-15-11-27-18(22-15)21-14-5-3-2-4-6-14/h2-11H,12,20H2,1H3,(H,21,22). The molecule has 0 saturated heterocycles. The van der Waals surface area contributed by atoms with Crippen LogP contribution in [-0.4, -0.2) is 27.0 Å². The monoisotopic (exact) mass is 410 g/mol. The van der Waals surface area contributed by atoms with E-state index in [0.29, 0.717) is 16.7 Å². The van der Waals surface area contributed by atoms with E-state index in [1.54, 1.807) is 18.4 Å². The average Bonchev–Trinajstić information content (AvgIpc) is 3.33. The number of ether oxygens (including phenoxy) is 1. The Hall–Kier alpha value is -3.04. The van der Waals surface area contributed by atoms with Crippen molar-refractivity contribution in [3.05, 3.63) is 65.7 Å². The molecular weight excluding hydrogens is 392 g/mol. The molecule has 9 heteroatoms. The van der Waals surface area contributed by atoms with Crippen molar-refractivity contribution < 1.29 is 4.74 Å². The SMILES string of the molecule is COc1ccc(-c2nnc(SCc3csc(Nc4ccccc4)n3)n2N)cc1. The lowest BCUT2D eigenvalue weighted by Crippen LogP contribution is -2.11. The molecule has 2 aromatic heterocycles. The molecule has 7 nitrogen and oxygen atoms in total. The number of anilines is 2. The van der Waals surface area contributed by atoms with Gasteiger partial charge in [0.1, 0.15) is 5.75 Å². The number of thioether (sulfide) groups is 1. The van der Waals surface area contributed by atoms with Gasteiger partial charge in [0, 0.05) is 22.4 Å². The molecule has 0 atom stereocenters. The van der Waals surface area contributed by atoms with Gasteiger partial charge in [0.25, 0.3) is 0 Å². The van der Waals surface area contributed by atoms with Crippen molar-refractivity contribution in [2.24, 2.45) is 0 Å². The molecule has 0 radical (unpaired) electrons. The van der Waals surface area contributed by atoms with Crippen LogP contribution >= 0.6 is 23.1 Å². The molecule has 2 heterocycles. The zero-order valence-electron chi connectivity index (χ0n) is 15.1. The fourth-order valence-corrected chi connectivity index (χ4v) is 4.11. The van der Waals surface area contributed by atoms with E-state index in [2.05, 4.69) is 20.5 Å². The van der Waals surface area contributed by atoms with Crippen molar-refractivity contribution in [1.82, 2.24) is 19.9 Å². The maximum absolute atomic E-state index is 6.19. The Morgan fingerprint density at radius 1 is 1.11 bits per heavy atom. The lowest BCUT2D eigenvalue weighted by Gasteiger charge is -2.04. The number of benzene rings is 2. The number of nitrogen functional groups attached to an aromatic ring is 1. The van der Waals surface area contributed by atoms with Gasteiger partial charge in [-0.05, 0) is 36.4 Å². The van der Waals surface area contributed by atoms with Crippen molar-refractivity contribution in [2.75, 3.05) is 18.3 Å². The summed E-state index contributed by atoms with van der Waals surface area (Å²) in [5, 5.41) is 15.2. The fraction of sp³-hybridized carbons (Fsp3) is 0.105. The molecule has 0 aliphatic heterocycles.